The molecular formula is C2H8AsO3P. The molecule has 0 spiro atoms. The molecule has 0 aromatic heterocycles. The van der Waals surface area contributed by atoms with Crippen molar-refractivity contribution in [2.75, 3.05) is 6.16 Å². The molecule has 0 radical (unpaired) electrons. The molecule has 0 heterocycles. The van der Waals surface area contributed by atoms with Crippen LogP contribution in [-0.2, 0) is 4.57 Å². The van der Waals surface area contributed by atoms with Gasteiger partial charge in [0.25, 0.3) is 0 Å². The van der Waals surface area contributed by atoms with Crippen molar-refractivity contribution in [2.45, 2.75) is 5.21 Å². The van der Waals surface area contributed by atoms with Gasteiger partial charge in [-0.1, -0.05) is 0 Å². The Bertz CT molecular complexity index is 86.9. The van der Waals surface area contributed by atoms with Crippen molar-refractivity contribution in [1.82, 2.24) is 0 Å². The van der Waals surface area contributed by atoms with Gasteiger partial charge in [0.05, 0.1) is 0 Å². The first-order valence-corrected chi connectivity index (χ1v) is 5.32. The zero-order valence-electron chi connectivity index (χ0n) is 3.74. The van der Waals surface area contributed by atoms with E-state index in [1.165, 1.54) is 16.9 Å². The molecule has 0 saturated heterocycles. The van der Waals surface area contributed by atoms with Gasteiger partial charge in [-0.2, -0.15) is 0 Å². The molecule has 0 aromatic carbocycles. The third-order valence-corrected chi connectivity index (χ3v) is 2.89. The minimum absolute atomic E-state index is 0.0347. The van der Waals surface area contributed by atoms with Crippen molar-refractivity contribution >= 4 is 24.4 Å². The van der Waals surface area contributed by atoms with Crippen molar-refractivity contribution in [3.8, 4) is 0 Å². The van der Waals surface area contributed by atoms with E-state index in [2.05, 4.69) is 0 Å². The van der Waals surface area contributed by atoms with Crippen LogP contribution in [0.15, 0.2) is 0 Å². The Morgan fingerprint density at radius 3 is 2.00 bits per heavy atom. The Kier molecular flexibility index (Phi) is 3.17. The molecule has 1 unspecified atom stereocenters. The SMILES string of the molecule is O=P(O)(O)CC[AsH2]. The maximum absolute atomic E-state index is 9.94. The Balaban J connectivity index is 3.36. The van der Waals surface area contributed by atoms with Crippen molar-refractivity contribution in [1.29, 1.82) is 0 Å². The second-order valence-electron chi connectivity index (χ2n) is 1.18. The molecular weight excluding hydrogens is 178 g/mol. The fourth-order valence-electron chi connectivity index (χ4n) is 0.168. The van der Waals surface area contributed by atoms with Gasteiger partial charge in [-0.3, -0.25) is 0 Å². The standard InChI is InChI=1S/C2H8AsO3P/c3-1-2-7(4,5)6/h1-3H2,(H2,4,5,6). The Labute approximate surface area is 50.8 Å². The summed E-state index contributed by atoms with van der Waals surface area (Å²) in [5, 5.41) is 0.608. The second-order valence-corrected chi connectivity index (χ2v) is 4.16. The maximum atomic E-state index is 9.94. The predicted molar refractivity (Wildman–Crippen MR) is 30.3 cm³/mol. The van der Waals surface area contributed by atoms with Gasteiger partial charge in [-0.05, 0) is 0 Å². The third kappa shape index (κ3) is 6.71. The molecule has 3 nitrogen and oxygen atoms in total. The van der Waals surface area contributed by atoms with Crippen LogP contribution in [-0.4, -0.2) is 32.8 Å². The van der Waals surface area contributed by atoms with Crippen molar-refractivity contribution in [3.05, 3.63) is 0 Å². The molecule has 5 heteroatoms. The summed E-state index contributed by atoms with van der Waals surface area (Å²) in [5.41, 5.74) is 0. The number of hydrogen-bond donors (Lipinski definition) is 2. The second kappa shape index (κ2) is 2.88. The molecule has 0 bridgehead atoms. The van der Waals surface area contributed by atoms with Gasteiger partial charge in [0, 0.05) is 0 Å². The Morgan fingerprint density at radius 1 is 1.57 bits per heavy atom. The average molecular weight is 186 g/mol. The minimum atomic E-state index is -3.65. The van der Waals surface area contributed by atoms with Gasteiger partial charge in [0.15, 0.2) is 0 Å². The van der Waals surface area contributed by atoms with E-state index in [0.29, 0.717) is 5.21 Å². The summed E-state index contributed by atoms with van der Waals surface area (Å²) >= 11 is 1.35. The van der Waals surface area contributed by atoms with Crippen LogP contribution < -0.4 is 0 Å². The van der Waals surface area contributed by atoms with Crippen LogP contribution in [0.25, 0.3) is 0 Å². The first-order chi connectivity index (χ1) is 3.06. The van der Waals surface area contributed by atoms with Gasteiger partial charge >= 0.3 is 50.2 Å². The molecule has 0 aliphatic rings. The molecule has 0 aliphatic carbocycles. The molecule has 0 aromatic rings. The summed E-state index contributed by atoms with van der Waals surface area (Å²) in [5.74, 6) is 0. The summed E-state index contributed by atoms with van der Waals surface area (Å²) in [7, 11) is -3.65. The van der Waals surface area contributed by atoms with Crippen LogP contribution in [0.2, 0.25) is 5.21 Å². The summed E-state index contributed by atoms with van der Waals surface area (Å²) < 4.78 is 9.94. The summed E-state index contributed by atoms with van der Waals surface area (Å²) in [6.45, 7) is 0. The summed E-state index contributed by atoms with van der Waals surface area (Å²) in [6.07, 6.45) is 0.0347. The molecule has 0 fully saturated rings. The summed E-state index contributed by atoms with van der Waals surface area (Å²) in [6, 6.07) is 0. The molecule has 0 saturated carbocycles. The topological polar surface area (TPSA) is 57.5 Å². The number of hydrogen-bond acceptors (Lipinski definition) is 1. The zero-order valence-corrected chi connectivity index (χ0v) is 7.06. The molecule has 0 amide bonds. The molecule has 44 valence electrons. The number of rotatable bonds is 2. The first-order valence-electron chi connectivity index (χ1n) is 1.81. The van der Waals surface area contributed by atoms with Crippen LogP contribution in [0.1, 0.15) is 0 Å². The van der Waals surface area contributed by atoms with E-state index in [1.54, 1.807) is 0 Å². The van der Waals surface area contributed by atoms with Crippen LogP contribution in [0.4, 0.5) is 0 Å². The van der Waals surface area contributed by atoms with E-state index in [9.17, 15) is 4.57 Å². The average Bonchev–Trinajstić information content (AvgIpc) is 1.30. The fourth-order valence-corrected chi connectivity index (χ4v) is 2.62. The van der Waals surface area contributed by atoms with Gasteiger partial charge in [0.2, 0.25) is 0 Å². The third-order valence-electron chi connectivity index (χ3n) is 0.420. The van der Waals surface area contributed by atoms with Gasteiger partial charge < -0.3 is 0 Å². The van der Waals surface area contributed by atoms with E-state index in [4.69, 9.17) is 9.79 Å². The normalized spacial score (nSPS) is 11.9. The van der Waals surface area contributed by atoms with Crippen molar-refractivity contribution in [3.63, 3.8) is 0 Å². The molecule has 0 rings (SSSR count). The molecule has 7 heavy (non-hydrogen) atoms. The van der Waals surface area contributed by atoms with Gasteiger partial charge in [-0.25, -0.2) is 0 Å². The Morgan fingerprint density at radius 2 is 2.00 bits per heavy atom. The van der Waals surface area contributed by atoms with E-state index < -0.39 is 7.60 Å². The van der Waals surface area contributed by atoms with E-state index >= 15 is 0 Å². The fraction of sp³-hybridized carbons (Fsp3) is 1.00. The quantitative estimate of drug-likeness (QED) is 0.439. The van der Waals surface area contributed by atoms with Gasteiger partial charge in [-0.15, -0.1) is 0 Å². The molecule has 0 aliphatic heterocycles. The van der Waals surface area contributed by atoms with Crippen molar-refractivity contribution in [2.24, 2.45) is 0 Å². The monoisotopic (exact) mass is 186 g/mol. The van der Waals surface area contributed by atoms with Crippen molar-refractivity contribution < 1.29 is 14.4 Å². The van der Waals surface area contributed by atoms with E-state index in [1.807, 2.05) is 0 Å². The zero-order chi connectivity index (χ0) is 5.91. The summed E-state index contributed by atoms with van der Waals surface area (Å²) in [4.78, 5) is 16.3. The van der Waals surface area contributed by atoms with Crippen LogP contribution in [0, 0.1) is 0 Å². The van der Waals surface area contributed by atoms with E-state index in [-0.39, 0.29) is 6.16 Å². The van der Waals surface area contributed by atoms with Gasteiger partial charge in [0.1, 0.15) is 0 Å². The van der Waals surface area contributed by atoms with Crippen LogP contribution >= 0.6 is 7.60 Å². The van der Waals surface area contributed by atoms with Crippen LogP contribution in [0.3, 0.4) is 0 Å². The molecule has 1 atom stereocenters. The molecule has 2 N–H and O–H groups in total. The predicted octanol–water partition coefficient (Wildman–Crippen LogP) is -0.785. The first kappa shape index (κ1) is 7.71. The van der Waals surface area contributed by atoms with Crippen LogP contribution in [0.5, 0.6) is 0 Å². The Hall–Kier alpha value is 0.708. The van der Waals surface area contributed by atoms with E-state index in [0.717, 1.165) is 0 Å².